The van der Waals surface area contributed by atoms with E-state index in [1.807, 2.05) is 23.1 Å². The molecule has 0 radical (unpaired) electrons. The number of nitrogens with zero attached hydrogens (tertiary/aromatic N) is 3. The number of hydrogen-bond donors (Lipinski definition) is 0. The minimum absolute atomic E-state index is 0.272. The maximum atomic E-state index is 12.6. The first-order valence-electron chi connectivity index (χ1n) is 9.30. The Bertz CT molecular complexity index is 697. The first kappa shape index (κ1) is 18.7. The van der Waals surface area contributed by atoms with Crippen LogP contribution in [0.2, 0.25) is 5.02 Å². The predicted molar refractivity (Wildman–Crippen MR) is 107 cm³/mol. The minimum atomic E-state index is 0.272. The van der Waals surface area contributed by atoms with Crippen LogP contribution in [0, 0.1) is 5.92 Å². The molecule has 26 heavy (non-hydrogen) atoms. The number of benzene rings is 1. The molecule has 1 aliphatic heterocycles. The Morgan fingerprint density at radius 1 is 1.12 bits per heavy atom. The van der Waals surface area contributed by atoms with E-state index in [2.05, 4.69) is 41.1 Å². The molecule has 1 atom stereocenters. The summed E-state index contributed by atoms with van der Waals surface area (Å²) in [6, 6.07) is 14.3. The van der Waals surface area contributed by atoms with Crippen LogP contribution in [0.5, 0.6) is 0 Å². The van der Waals surface area contributed by atoms with E-state index in [1.165, 1.54) is 5.56 Å². The molecule has 2 heterocycles. The van der Waals surface area contributed by atoms with Crippen LogP contribution in [-0.2, 0) is 11.2 Å². The third kappa shape index (κ3) is 5.21. The molecule has 0 N–H and O–H groups in total. The molecule has 4 nitrogen and oxygen atoms in total. The fourth-order valence-corrected chi connectivity index (χ4v) is 3.44. The number of anilines is 1. The molecular weight excluding hydrogens is 346 g/mol. The van der Waals surface area contributed by atoms with Crippen molar-refractivity contribution in [1.82, 2.24) is 9.88 Å². The van der Waals surface area contributed by atoms with Gasteiger partial charge in [-0.15, -0.1) is 0 Å². The quantitative estimate of drug-likeness (QED) is 0.768. The van der Waals surface area contributed by atoms with Crippen molar-refractivity contribution in [3.05, 3.63) is 59.2 Å². The molecule has 1 unspecified atom stereocenters. The van der Waals surface area contributed by atoms with Crippen molar-refractivity contribution >= 4 is 23.3 Å². The van der Waals surface area contributed by atoms with E-state index in [0.29, 0.717) is 17.4 Å². The molecule has 1 aromatic heterocycles. The molecule has 5 heteroatoms. The Morgan fingerprint density at radius 2 is 1.85 bits per heavy atom. The number of carbonyl (C=O) groups is 1. The van der Waals surface area contributed by atoms with Crippen molar-refractivity contribution in [3.63, 3.8) is 0 Å². The molecule has 1 saturated heterocycles. The maximum Gasteiger partial charge on any atom is 0.222 e. The average molecular weight is 372 g/mol. The van der Waals surface area contributed by atoms with Gasteiger partial charge in [-0.1, -0.05) is 48.9 Å². The van der Waals surface area contributed by atoms with Crippen molar-refractivity contribution in [1.29, 1.82) is 0 Å². The lowest BCUT2D eigenvalue weighted by atomic mass is 9.97. The molecule has 2 aromatic rings. The molecule has 0 saturated carbocycles. The third-order valence-electron chi connectivity index (χ3n) is 4.96. The van der Waals surface area contributed by atoms with Crippen molar-refractivity contribution in [2.24, 2.45) is 5.92 Å². The second kappa shape index (κ2) is 9.04. The summed E-state index contributed by atoms with van der Waals surface area (Å²) >= 11 is 5.89. The van der Waals surface area contributed by atoms with Gasteiger partial charge in [0.2, 0.25) is 5.91 Å². The number of rotatable bonds is 6. The molecule has 0 aliphatic carbocycles. The van der Waals surface area contributed by atoms with Crippen LogP contribution >= 0.6 is 11.6 Å². The zero-order valence-corrected chi connectivity index (χ0v) is 16.0. The van der Waals surface area contributed by atoms with Crippen LogP contribution < -0.4 is 4.90 Å². The summed E-state index contributed by atoms with van der Waals surface area (Å²) in [7, 11) is 0. The second-order valence-electron chi connectivity index (χ2n) is 7.04. The van der Waals surface area contributed by atoms with Gasteiger partial charge >= 0.3 is 0 Å². The Hall–Kier alpha value is -2.07. The minimum Gasteiger partial charge on any atom is -0.353 e. The molecule has 1 aromatic carbocycles. The van der Waals surface area contributed by atoms with E-state index >= 15 is 0 Å². The molecule has 1 amide bonds. The van der Waals surface area contributed by atoms with E-state index in [4.69, 9.17) is 11.6 Å². The molecule has 3 rings (SSSR count). The Morgan fingerprint density at radius 3 is 2.50 bits per heavy atom. The highest BCUT2D eigenvalue weighted by Crippen LogP contribution is 2.18. The van der Waals surface area contributed by atoms with Crippen molar-refractivity contribution in [3.8, 4) is 0 Å². The van der Waals surface area contributed by atoms with Gasteiger partial charge in [0.1, 0.15) is 5.82 Å². The predicted octanol–water partition coefficient (Wildman–Crippen LogP) is 4.04. The summed E-state index contributed by atoms with van der Waals surface area (Å²) in [5.41, 5.74) is 1.34. The van der Waals surface area contributed by atoms with Gasteiger partial charge in [-0.2, -0.15) is 0 Å². The summed E-state index contributed by atoms with van der Waals surface area (Å²) in [6.45, 7) is 5.33. The van der Waals surface area contributed by atoms with E-state index in [-0.39, 0.29) is 5.91 Å². The highest BCUT2D eigenvalue weighted by molar-refractivity contribution is 6.30. The first-order valence-corrected chi connectivity index (χ1v) is 9.68. The second-order valence-corrected chi connectivity index (χ2v) is 7.47. The van der Waals surface area contributed by atoms with E-state index < -0.39 is 0 Å². The van der Waals surface area contributed by atoms with Crippen LogP contribution in [0.3, 0.4) is 0 Å². The van der Waals surface area contributed by atoms with Gasteiger partial charge in [0.15, 0.2) is 0 Å². The van der Waals surface area contributed by atoms with Crippen molar-refractivity contribution < 1.29 is 4.79 Å². The molecule has 138 valence electrons. The van der Waals surface area contributed by atoms with Gasteiger partial charge in [0, 0.05) is 38.8 Å². The summed E-state index contributed by atoms with van der Waals surface area (Å²) in [6.07, 6.45) is 4.38. The largest absolute Gasteiger partial charge is 0.353 e. The lowest BCUT2D eigenvalue weighted by molar-refractivity contribution is -0.132. The van der Waals surface area contributed by atoms with Crippen LogP contribution in [0.1, 0.15) is 25.3 Å². The van der Waals surface area contributed by atoms with Crippen LogP contribution in [-0.4, -0.2) is 42.0 Å². The number of pyridine rings is 1. The smallest absolute Gasteiger partial charge is 0.222 e. The molecule has 0 bridgehead atoms. The van der Waals surface area contributed by atoms with Gasteiger partial charge in [-0.3, -0.25) is 4.79 Å². The highest BCUT2D eigenvalue weighted by atomic mass is 35.5. The number of hydrogen-bond acceptors (Lipinski definition) is 3. The zero-order chi connectivity index (χ0) is 18.4. The van der Waals surface area contributed by atoms with Crippen molar-refractivity contribution in [2.45, 2.75) is 26.2 Å². The first-order chi connectivity index (χ1) is 12.6. The Labute approximate surface area is 160 Å². The molecule has 0 spiro atoms. The topological polar surface area (TPSA) is 36.4 Å². The normalized spacial score (nSPS) is 15.8. The number of halogens is 1. The van der Waals surface area contributed by atoms with Crippen molar-refractivity contribution in [2.75, 3.05) is 31.1 Å². The summed E-state index contributed by atoms with van der Waals surface area (Å²) in [5.74, 6) is 1.60. The van der Waals surface area contributed by atoms with E-state index in [1.54, 1.807) is 6.20 Å². The average Bonchev–Trinajstić information content (AvgIpc) is 2.68. The fourth-order valence-electron chi connectivity index (χ4n) is 3.33. The van der Waals surface area contributed by atoms with Crippen LogP contribution in [0.15, 0.2) is 48.7 Å². The van der Waals surface area contributed by atoms with Crippen LogP contribution in [0.25, 0.3) is 0 Å². The zero-order valence-electron chi connectivity index (χ0n) is 15.3. The highest BCUT2D eigenvalue weighted by Gasteiger charge is 2.23. The monoisotopic (exact) mass is 371 g/mol. The number of carbonyl (C=O) groups excluding carboxylic acids is 1. The summed E-state index contributed by atoms with van der Waals surface area (Å²) < 4.78 is 0. The maximum absolute atomic E-state index is 12.6. The van der Waals surface area contributed by atoms with E-state index in [0.717, 1.165) is 44.8 Å². The summed E-state index contributed by atoms with van der Waals surface area (Å²) in [4.78, 5) is 21.1. The van der Waals surface area contributed by atoms with E-state index in [9.17, 15) is 4.79 Å². The number of aryl methyl sites for hydroxylation is 1. The van der Waals surface area contributed by atoms with Gasteiger partial charge in [0.25, 0.3) is 0 Å². The van der Waals surface area contributed by atoms with Gasteiger partial charge in [-0.05, 0) is 36.5 Å². The van der Waals surface area contributed by atoms with Gasteiger partial charge in [0.05, 0.1) is 5.02 Å². The van der Waals surface area contributed by atoms with Gasteiger partial charge in [-0.25, -0.2) is 4.98 Å². The molecule has 1 fully saturated rings. The van der Waals surface area contributed by atoms with Crippen LogP contribution in [0.4, 0.5) is 5.82 Å². The number of aromatic nitrogens is 1. The SMILES string of the molecule is CC(CCc1ccccc1)CC(=O)N1CCN(c2ccc(Cl)cn2)CC1. The molecular formula is C21H26ClN3O. The third-order valence-corrected chi connectivity index (χ3v) is 5.18. The fraction of sp³-hybridized carbons (Fsp3) is 0.429. The lowest BCUT2D eigenvalue weighted by Gasteiger charge is -2.36. The van der Waals surface area contributed by atoms with Gasteiger partial charge < -0.3 is 9.80 Å². The number of piperazine rings is 1. The number of amides is 1. The lowest BCUT2D eigenvalue weighted by Crippen LogP contribution is -2.49. The molecule has 1 aliphatic rings. The Balaban J connectivity index is 1.42. The standard InChI is InChI=1S/C21H26ClN3O/c1-17(7-8-18-5-3-2-4-6-18)15-21(26)25-13-11-24(12-14-25)20-10-9-19(22)16-23-20/h2-6,9-10,16-17H,7-8,11-15H2,1H3. The Kier molecular flexibility index (Phi) is 6.51. The summed E-state index contributed by atoms with van der Waals surface area (Å²) in [5, 5.41) is 0.645.